The van der Waals surface area contributed by atoms with Gasteiger partial charge in [-0.1, -0.05) is 11.3 Å². The van der Waals surface area contributed by atoms with Crippen molar-refractivity contribution in [1.82, 2.24) is 15.0 Å². The third kappa shape index (κ3) is 3.95. The maximum absolute atomic E-state index is 13.3. The molecule has 2 heterocycles. The van der Waals surface area contributed by atoms with Crippen LogP contribution >= 0.6 is 0 Å². The summed E-state index contributed by atoms with van der Waals surface area (Å²) in [7, 11) is 0. The fraction of sp³-hybridized carbons (Fsp3) is 0.316. The third-order valence-electron chi connectivity index (χ3n) is 4.96. The van der Waals surface area contributed by atoms with E-state index in [1.54, 1.807) is 18.2 Å². The lowest BCUT2D eigenvalue weighted by molar-refractivity contribution is -0.897. The summed E-state index contributed by atoms with van der Waals surface area (Å²) in [5.41, 5.74) is 1.85. The average Bonchev–Trinajstić information content (AvgIpc) is 3.05. The SMILES string of the molecule is O=C(C[NH+]1CCC(n2nnc3cc(F)ccc32)CC1)Nc1cccc(F)c1. The van der Waals surface area contributed by atoms with E-state index in [0.29, 0.717) is 17.7 Å². The molecule has 0 spiro atoms. The van der Waals surface area contributed by atoms with Gasteiger partial charge in [0.05, 0.1) is 24.6 Å². The molecule has 6 nitrogen and oxygen atoms in total. The Balaban J connectivity index is 1.34. The third-order valence-corrected chi connectivity index (χ3v) is 4.96. The summed E-state index contributed by atoms with van der Waals surface area (Å²) in [5, 5.41) is 11.0. The lowest BCUT2D eigenvalue weighted by atomic mass is 10.0. The minimum absolute atomic E-state index is 0.129. The summed E-state index contributed by atoms with van der Waals surface area (Å²) >= 11 is 0. The van der Waals surface area contributed by atoms with Gasteiger partial charge in [0.25, 0.3) is 5.91 Å². The van der Waals surface area contributed by atoms with Gasteiger partial charge in [-0.15, -0.1) is 5.10 Å². The molecule has 1 amide bonds. The monoisotopic (exact) mass is 372 g/mol. The highest BCUT2D eigenvalue weighted by Gasteiger charge is 2.26. The van der Waals surface area contributed by atoms with Crippen molar-refractivity contribution in [3.05, 3.63) is 54.1 Å². The van der Waals surface area contributed by atoms with Gasteiger partial charge >= 0.3 is 0 Å². The fourth-order valence-electron chi connectivity index (χ4n) is 3.62. The molecule has 0 saturated carbocycles. The first-order valence-electron chi connectivity index (χ1n) is 8.98. The number of rotatable bonds is 4. The number of amides is 1. The van der Waals surface area contributed by atoms with E-state index in [2.05, 4.69) is 15.6 Å². The van der Waals surface area contributed by atoms with Gasteiger partial charge in [-0.25, -0.2) is 13.5 Å². The van der Waals surface area contributed by atoms with Gasteiger partial charge in [0.15, 0.2) is 6.54 Å². The van der Waals surface area contributed by atoms with E-state index >= 15 is 0 Å². The highest BCUT2D eigenvalue weighted by atomic mass is 19.1. The van der Waals surface area contributed by atoms with Gasteiger partial charge < -0.3 is 10.2 Å². The molecule has 140 valence electrons. The number of benzene rings is 2. The molecule has 27 heavy (non-hydrogen) atoms. The number of hydrogen-bond donors (Lipinski definition) is 2. The molecule has 1 saturated heterocycles. The highest BCUT2D eigenvalue weighted by molar-refractivity contribution is 5.91. The van der Waals surface area contributed by atoms with Crippen molar-refractivity contribution in [3.8, 4) is 0 Å². The second kappa shape index (κ2) is 7.40. The zero-order valence-electron chi connectivity index (χ0n) is 14.7. The van der Waals surface area contributed by atoms with Crippen molar-refractivity contribution in [2.75, 3.05) is 25.0 Å². The van der Waals surface area contributed by atoms with Gasteiger partial charge in [0, 0.05) is 24.6 Å². The number of hydrogen-bond acceptors (Lipinski definition) is 3. The number of carbonyl (C=O) groups excluding carboxylic acids is 1. The average molecular weight is 372 g/mol. The van der Waals surface area contributed by atoms with E-state index < -0.39 is 0 Å². The molecule has 1 aliphatic rings. The second-order valence-corrected chi connectivity index (χ2v) is 6.88. The van der Waals surface area contributed by atoms with Crippen LogP contribution in [0.5, 0.6) is 0 Å². The number of likely N-dealkylation sites (tertiary alicyclic amines) is 1. The smallest absolute Gasteiger partial charge is 0.279 e. The number of carbonyl (C=O) groups is 1. The first-order valence-corrected chi connectivity index (χ1v) is 8.98. The quantitative estimate of drug-likeness (QED) is 0.731. The Kier molecular flexibility index (Phi) is 4.81. The summed E-state index contributed by atoms with van der Waals surface area (Å²) in [6.07, 6.45) is 1.72. The summed E-state index contributed by atoms with van der Waals surface area (Å²) in [6.45, 7) is 1.99. The first kappa shape index (κ1) is 17.5. The van der Waals surface area contributed by atoms with Crippen molar-refractivity contribution in [3.63, 3.8) is 0 Å². The van der Waals surface area contributed by atoms with Crippen LogP contribution in [-0.4, -0.2) is 40.5 Å². The molecule has 8 heteroatoms. The predicted octanol–water partition coefficient (Wildman–Crippen LogP) is 1.57. The molecule has 1 fully saturated rings. The van der Waals surface area contributed by atoms with E-state index in [-0.39, 0.29) is 23.6 Å². The predicted molar refractivity (Wildman–Crippen MR) is 96.4 cm³/mol. The van der Waals surface area contributed by atoms with Crippen LogP contribution in [0.1, 0.15) is 18.9 Å². The van der Waals surface area contributed by atoms with Crippen LogP contribution in [0.25, 0.3) is 11.0 Å². The minimum Gasteiger partial charge on any atom is -0.327 e. The molecule has 0 atom stereocenters. The van der Waals surface area contributed by atoms with E-state index in [9.17, 15) is 13.6 Å². The lowest BCUT2D eigenvalue weighted by Crippen LogP contribution is -3.14. The number of nitrogens with zero attached hydrogens (tertiary/aromatic N) is 3. The number of piperidine rings is 1. The fourth-order valence-corrected chi connectivity index (χ4v) is 3.62. The number of aromatic nitrogens is 3. The standard InChI is InChI=1S/C19H19F2N5O/c20-13-2-1-3-15(10-13)22-19(27)12-25-8-6-16(7-9-25)26-18-5-4-14(21)11-17(18)23-24-26/h1-5,10-11,16H,6-9,12H2,(H,22,27)/p+1. The van der Waals surface area contributed by atoms with Crippen LogP contribution < -0.4 is 10.2 Å². The maximum atomic E-state index is 13.3. The Labute approximate surface area is 154 Å². The van der Waals surface area contributed by atoms with Crippen LogP contribution in [0.2, 0.25) is 0 Å². The molecular weight excluding hydrogens is 352 g/mol. The van der Waals surface area contributed by atoms with Gasteiger partial charge in [-0.2, -0.15) is 0 Å². The van der Waals surface area contributed by atoms with Crippen LogP contribution in [0, 0.1) is 11.6 Å². The summed E-state index contributed by atoms with van der Waals surface area (Å²) < 4.78 is 28.4. The molecule has 2 aromatic carbocycles. The lowest BCUT2D eigenvalue weighted by Gasteiger charge is -2.29. The topological polar surface area (TPSA) is 64.2 Å². The number of fused-ring (bicyclic) bond motifs is 1. The van der Waals surface area contributed by atoms with Crippen molar-refractivity contribution >= 4 is 22.6 Å². The number of nitrogens with one attached hydrogen (secondary N) is 2. The van der Waals surface area contributed by atoms with E-state index in [0.717, 1.165) is 31.4 Å². The molecule has 4 rings (SSSR count). The van der Waals surface area contributed by atoms with E-state index in [1.807, 2.05) is 4.68 Å². The summed E-state index contributed by atoms with van der Waals surface area (Å²) in [4.78, 5) is 13.4. The number of halogens is 2. The molecule has 3 aromatic rings. The van der Waals surface area contributed by atoms with Gasteiger partial charge in [-0.3, -0.25) is 4.79 Å². The van der Waals surface area contributed by atoms with Crippen molar-refractivity contribution in [2.45, 2.75) is 18.9 Å². The normalized spacial score (nSPS) is 19.9. The van der Waals surface area contributed by atoms with Crippen LogP contribution in [-0.2, 0) is 4.79 Å². The van der Waals surface area contributed by atoms with Crippen LogP contribution in [0.3, 0.4) is 0 Å². The Morgan fingerprint density at radius 2 is 1.93 bits per heavy atom. The number of quaternary nitrogens is 1. The molecule has 0 radical (unpaired) electrons. The van der Waals surface area contributed by atoms with Gasteiger partial charge in [0.1, 0.15) is 17.2 Å². The molecular formula is C19H20F2N5O+. The van der Waals surface area contributed by atoms with Crippen molar-refractivity contribution in [2.24, 2.45) is 0 Å². The molecule has 0 aliphatic carbocycles. The largest absolute Gasteiger partial charge is 0.327 e. The van der Waals surface area contributed by atoms with Crippen molar-refractivity contribution < 1.29 is 18.5 Å². The summed E-state index contributed by atoms with van der Waals surface area (Å²) in [6, 6.07) is 10.6. The van der Waals surface area contributed by atoms with Crippen molar-refractivity contribution in [1.29, 1.82) is 0 Å². The molecule has 0 unspecified atom stereocenters. The zero-order chi connectivity index (χ0) is 18.8. The van der Waals surface area contributed by atoms with Gasteiger partial charge in [0.2, 0.25) is 0 Å². The molecule has 1 aliphatic heterocycles. The Hall–Kier alpha value is -2.87. The highest BCUT2D eigenvalue weighted by Crippen LogP contribution is 2.22. The maximum Gasteiger partial charge on any atom is 0.279 e. The van der Waals surface area contributed by atoms with Gasteiger partial charge in [-0.05, 0) is 30.3 Å². The Morgan fingerprint density at radius 1 is 1.15 bits per heavy atom. The zero-order valence-corrected chi connectivity index (χ0v) is 14.7. The van der Waals surface area contributed by atoms with Crippen LogP contribution in [0.4, 0.5) is 14.5 Å². The Morgan fingerprint density at radius 3 is 2.70 bits per heavy atom. The van der Waals surface area contributed by atoms with E-state index in [1.165, 1.54) is 29.2 Å². The number of anilines is 1. The summed E-state index contributed by atoms with van der Waals surface area (Å²) in [5.74, 6) is -0.824. The molecule has 1 aromatic heterocycles. The second-order valence-electron chi connectivity index (χ2n) is 6.88. The van der Waals surface area contributed by atoms with Crippen LogP contribution in [0.15, 0.2) is 42.5 Å². The minimum atomic E-state index is -0.374. The van der Waals surface area contributed by atoms with E-state index in [4.69, 9.17) is 0 Å². The first-order chi connectivity index (χ1) is 13.1. The Bertz CT molecular complexity index is 966. The molecule has 0 bridgehead atoms. The molecule has 2 N–H and O–H groups in total.